The smallest absolute Gasteiger partial charge is 0.138 e. The van der Waals surface area contributed by atoms with Gasteiger partial charge in [0.1, 0.15) is 12.2 Å². The van der Waals surface area contributed by atoms with Crippen LogP contribution >= 0.6 is 11.8 Å². The van der Waals surface area contributed by atoms with Gasteiger partial charge in [0.2, 0.25) is 0 Å². The molecule has 1 aromatic heterocycles. The summed E-state index contributed by atoms with van der Waals surface area (Å²) in [7, 11) is 0. The number of hydrogen-bond acceptors (Lipinski definition) is 5. The molecule has 6 heteroatoms. The number of rotatable bonds is 7. The molecular formula is C14H21N5S. The van der Waals surface area contributed by atoms with E-state index in [-0.39, 0.29) is 6.04 Å². The summed E-state index contributed by atoms with van der Waals surface area (Å²) >= 11 is 1.84. The van der Waals surface area contributed by atoms with E-state index in [0.29, 0.717) is 0 Å². The van der Waals surface area contributed by atoms with Crippen LogP contribution in [-0.2, 0) is 13.0 Å². The Labute approximate surface area is 123 Å². The molecule has 0 aliphatic rings. The quantitative estimate of drug-likeness (QED) is 0.465. The summed E-state index contributed by atoms with van der Waals surface area (Å²) in [6, 6.07) is 8.56. The Hall–Kier alpha value is -1.37. The molecule has 0 spiro atoms. The number of aryl methyl sites for hydroxylation is 1. The number of aromatic nitrogens is 3. The van der Waals surface area contributed by atoms with Crippen LogP contribution in [0.2, 0.25) is 0 Å². The first-order chi connectivity index (χ1) is 9.78. The molecule has 1 unspecified atom stereocenters. The topological polar surface area (TPSA) is 68.8 Å². The predicted molar refractivity (Wildman–Crippen MR) is 82.3 cm³/mol. The van der Waals surface area contributed by atoms with Gasteiger partial charge in [-0.05, 0) is 30.4 Å². The lowest BCUT2D eigenvalue weighted by Crippen LogP contribution is -2.30. The van der Waals surface area contributed by atoms with Gasteiger partial charge in [0, 0.05) is 17.9 Å². The minimum Gasteiger partial charge on any atom is -0.271 e. The molecule has 1 aromatic carbocycles. The average molecular weight is 291 g/mol. The summed E-state index contributed by atoms with van der Waals surface area (Å²) in [6.07, 6.45) is 2.32. The van der Waals surface area contributed by atoms with Crippen LogP contribution in [0.3, 0.4) is 0 Å². The van der Waals surface area contributed by atoms with Gasteiger partial charge in [0.05, 0.1) is 6.04 Å². The van der Waals surface area contributed by atoms with Crippen molar-refractivity contribution in [2.24, 2.45) is 5.84 Å². The highest BCUT2D eigenvalue weighted by Gasteiger charge is 2.14. The molecule has 0 bridgehead atoms. The summed E-state index contributed by atoms with van der Waals surface area (Å²) in [5.41, 5.74) is 4.04. The van der Waals surface area contributed by atoms with Gasteiger partial charge in [-0.15, -0.1) is 11.8 Å². The Balaban J connectivity index is 2.11. The van der Waals surface area contributed by atoms with E-state index in [1.54, 1.807) is 6.33 Å². The molecule has 0 saturated heterocycles. The van der Waals surface area contributed by atoms with E-state index in [2.05, 4.69) is 53.6 Å². The number of hydrazine groups is 1. The van der Waals surface area contributed by atoms with Crippen LogP contribution in [0, 0.1) is 0 Å². The van der Waals surface area contributed by atoms with Crippen molar-refractivity contribution in [2.75, 3.05) is 5.75 Å². The summed E-state index contributed by atoms with van der Waals surface area (Å²) in [5, 5.41) is 4.19. The maximum absolute atomic E-state index is 5.70. The third kappa shape index (κ3) is 3.59. The van der Waals surface area contributed by atoms with Crippen molar-refractivity contribution >= 4 is 11.8 Å². The highest BCUT2D eigenvalue weighted by molar-refractivity contribution is 7.99. The van der Waals surface area contributed by atoms with Crippen LogP contribution in [0.15, 0.2) is 35.5 Å². The van der Waals surface area contributed by atoms with Crippen molar-refractivity contribution in [3.63, 3.8) is 0 Å². The fourth-order valence-corrected chi connectivity index (χ4v) is 2.79. The van der Waals surface area contributed by atoms with Crippen LogP contribution < -0.4 is 11.3 Å². The van der Waals surface area contributed by atoms with Gasteiger partial charge in [-0.2, -0.15) is 5.10 Å². The molecule has 0 radical (unpaired) electrons. The summed E-state index contributed by atoms with van der Waals surface area (Å²) in [5.74, 6) is 7.72. The molecule has 0 saturated carbocycles. The summed E-state index contributed by atoms with van der Waals surface area (Å²) in [6.45, 7) is 5.03. The molecular weight excluding hydrogens is 270 g/mol. The molecule has 0 aliphatic heterocycles. The van der Waals surface area contributed by atoms with E-state index in [0.717, 1.165) is 24.5 Å². The fourth-order valence-electron chi connectivity index (χ4n) is 2.13. The number of hydrogen-bond donors (Lipinski definition) is 2. The van der Waals surface area contributed by atoms with Gasteiger partial charge in [-0.1, -0.05) is 19.1 Å². The number of thioether (sulfide) groups is 1. The second-order valence-electron chi connectivity index (χ2n) is 4.42. The first kappa shape index (κ1) is 15.0. The molecule has 3 N–H and O–H groups in total. The van der Waals surface area contributed by atoms with Crippen LogP contribution in [0.25, 0.3) is 0 Å². The lowest BCUT2D eigenvalue weighted by atomic mass is 10.0. The fraction of sp³-hybridized carbons (Fsp3) is 0.429. The van der Waals surface area contributed by atoms with E-state index >= 15 is 0 Å². The van der Waals surface area contributed by atoms with Crippen molar-refractivity contribution in [1.29, 1.82) is 0 Å². The minimum absolute atomic E-state index is 0.0465. The second-order valence-corrected chi connectivity index (χ2v) is 5.75. The SMILES string of the molecule is CCSc1ccc(C(Cc2ncnn2CC)NN)cc1. The molecule has 2 rings (SSSR count). The van der Waals surface area contributed by atoms with Crippen LogP contribution in [0.4, 0.5) is 0 Å². The lowest BCUT2D eigenvalue weighted by molar-refractivity contribution is 0.510. The largest absolute Gasteiger partial charge is 0.271 e. The Bertz CT molecular complexity index is 523. The lowest BCUT2D eigenvalue weighted by Gasteiger charge is -2.16. The predicted octanol–water partition coefficient (Wildman–Crippen LogP) is 2.16. The Kier molecular flexibility index (Phi) is 5.58. The summed E-state index contributed by atoms with van der Waals surface area (Å²) in [4.78, 5) is 5.58. The minimum atomic E-state index is 0.0465. The van der Waals surface area contributed by atoms with Gasteiger partial charge < -0.3 is 0 Å². The number of nitrogens with one attached hydrogen (secondary N) is 1. The van der Waals surface area contributed by atoms with Gasteiger partial charge in [0.25, 0.3) is 0 Å². The van der Waals surface area contributed by atoms with Gasteiger partial charge >= 0.3 is 0 Å². The molecule has 0 amide bonds. The third-order valence-corrected chi connectivity index (χ3v) is 4.07. The maximum Gasteiger partial charge on any atom is 0.138 e. The molecule has 108 valence electrons. The van der Waals surface area contributed by atoms with E-state index in [4.69, 9.17) is 5.84 Å². The number of nitrogens with two attached hydrogens (primary N) is 1. The van der Waals surface area contributed by atoms with Crippen LogP contribution in [0.5, 0.6) is 0 Å². The zero-order valence-electron chi connectivity index (χ0n) is 11.9. The van der Waals surface area contributed by atoms with E-state index in [1.165, 1.54) is 10.5 Å². The standard InChI is InChI=1S/C14H21N5S/c1-3-19-14(16-10-17-19)9-13(18-15)11-5-7-12(8-6-11)20-4-2/h5-8,10,13,18H,3-4,9,15H2,1-2H3. The first-order valence-electron chi connectivity index (χ1n) is 6.84. The average Bonchev–Trinajstić information content (AvgIpc) is 2.93. The van der Waals surface area contributed by atoms with Crippen LogP contribution in [-0.4, -0.2) is 20.5 Å². The Morgan fingerprint density at radius 2 is 2.05 bits per heavy atom. The highest BCUT2D eigenvalue weighted by atomic mass is 32.2. The van der Waals surface area contributed by atoms with Crippen molar-refractivity contribution in [1.82, 2.24) is 20.2 Å². The molecule has 0 fully saturated rings. The van der Waals surface area contributed by atoms with Crippen LogP contribution in [0.1, 0.15) is 31.3 Å². The van der Waals surface area contributed by atoms with Gasteiger partial charge in [0.15, 0.2) is 0 Å². The Morgan fingerprint density at radius 3 is 2.65 bits per heavy atom. The molecule has 5 nitrogen and oxygen atoms in total. The first-order valence-corrected chi connectivity index (χ1v) is 7.82. The zero-order chi connectivity index (χ0) is 14.4. The molecule has 2 aromatic rings. The summed E-state index contributed by atoms with van der Waals surface area (Å²) < 4.78 is 1.89. The van der Waals surface area contributed by atoms with Gasteiger partial charge in [-0.25, -0.2) is 4.98 Å². The second kappa shape index (κ2) is 7.42. The Morgan fingerprint density at radius 1 is 1.30 bits per heavy atom. The number of benzene rings is 1. The van der Waals surface area contributed by atoms with E-state index < -0.39 is 0 Å². The molecule has 1 heterocycles. The maximum atomic E-state index is 5.70. The van der Waals surface area contributed by atoms with Crippen molar-refractivity contribution in [3.05, 3.63) is 42.0 Å². The molecule has 0 aliphatic carbocycles. The van der Waals surface area contributed by atoms with E-state index in [1.807, 2.05) is 16.4 Å². The van der Waals surface area contributed by atoms with Gasteiger partial charge in [-0.3, -0.25) is 16.0 Å². The highest BCUT2D eigenvalue weighted by Crippen LogP contribution is 2.22. The van der Waals surface area contributed by atoms with Crippen molar-refractivity contribution < 1.29 is 0 Å². The molecule has 1 atom stereocenters. The number of nitrogens with zero attached hydrogens (tertiary/aromatic N) is 3. The third-order valence-electron chi connectivity index (χ3n) is 3.18. The zero-order valence-corrected chi connectivity index (χ0v) is 12.7. The van der Waals surface area contributed by atoms with Crippen molar-refractivity contribution in [2.45, 2.75) is 37.8 Å². The van der Waals surface area contributed by atoms with E-state index in [9.17, 15) is 0 Å². The normalized spacial score (nSPS) is 12.6. The monoisotopic (exact) mass is 291 g/mol. The molecule has 20 heavy (non-hydrogen) atoms. The van der Waals surface area contributed by atoms with Crippen molar-refractivity contribution in [3.8, 4) is 0 Å².